The van der Waals surface area contributed by atoms with Crippen LogP contribution >= 0.6 is 34.4 Å². The highest BCUT2D eigenvalue weighted by Gasteiger charge is 2.14. The van der Waals surface area contributed by atoms with Crippen molar-refractivity contribution in [1.82, 2.24) is 20.2 Å². The number of aromatic nitrogens is 4. The summed E-state index contributed by atoms with van der Waals surface area (Å²) >= 11 is 4.63. The van der Waals surface area contributed by atoms with Crippen LogP contribution in [0.1, 0.15) is 5.76 Å². The zero-order valence-electron chi connectivity index (χ0n) is 14.4. The van der Waals surface area contributed by atoms with Gasteiger partial charge < -0.3 is 9.73 Å². The average molecular weight is 424 g/mol. The summed E-state index contributed by atoms with van der Waals surface area (Å²) in [7, 11) is 0. The average Bonchev–Trinajstić information content (AvgIpc) is 3.48. The molecule has 4 aromatic heterocycles. The van der Waals surface area contributed by atoms with Gasteiger partial charge >= 0.3 is 0 Å². The van der Waals surface area contributed by atoms with E-state index >= 15 is 0 Å². The van der Waals surface area contributed by atoms with Gasteiger partial charge in [-0.25, -0.2) is 9.97 Å². The van der Waals surface area contributed by atoms with E-state index in [-0.39, 0.29) is 0 Å². The van der Waals surface area contributed by atoms with E-state index in [0.717, 1.165) is 41.9 Å². The minimum absolute atomic E-state index is 0.575. The molecule has 0 aliphatic carbocycles. The van der Waals surface area contributed by atoms with E-state index < -0.39 is 0 Å². The van der Waals surface area contributed by atoms with Crippen molar-refractivity contribution in [2.75, 3.05) is 5.32 Å². The van der Waals surface area contributed by atoms with Crippen LogP contribution in [0, 0.1) is 0 Å². The predicted molar refractivity (Wildman–Crippen MR) is 113 cm³/mol. The van der Waals surface area contributed by atoms with Gasteiger partial charge in [-0.1, -0.05) is 35.6 Å². The van der Waals surface area contributed by atoms with Gasteiger partial charge in [0.1, 0.15) is 10.8 Å². The molecule has 138 valence electrons. The molecule has 0 saturated carbocycles. The summed E-state index contributed by atoms with van der Waals surface area (Å²) in [5, 5.41) is 16.4. The first-order valence-electron chi connectivity index (χ1n) is 8.43. The normalized spacial score (nSPS) is 11.1. The van der Waals surface area contributed by atoms with Gasteiger partial charge in [-0.2, -0.15) is 0 Å². The molecule has 0 aliphatic heterocycles. The smallest absolute Gasteiger partial charge is 0.206 e. The molecule has 28 heavy (non-hydrogen) atoms. The highest BCUT2D eigenvalue weighted by Crippen LogP contribution is 2.36. The zero-order chi connectivity index (χ0) is 18.8. The molecule has 1 N–H and O–H groups in total. The Hall–Kier alpha value is -2.75. The van der Waals surface area contributed by atoms with Crippen molar-refractivity contribution in [3.05, 3.63) is 65.9 Å². The van der Waals surface area contributed by atoms with Gasteiger partial charge in [-0.3, -0.25) is 0 Å². The summed E-state index contributed by atoms with van der Waals surface area (Å²) < 4.78 is 6.15. The van der Waals surface area contributed by atoms with E-state index in [1.54, 1.807) is 17.6 Å². The first kappa shape index (κ1) is 17.4. The number of rotatable bonds is 6. The molecule has 0 saturated heterocycles. The Bertz CT molecular complexity index is 1200. The third-order valence-electron chi connectivity index (χ3n) is 3.89. The van der Waals surface area contributed by atoms with Crippen LogP contribution in [0.5, 0.6) is 0 Å². The van der Waals surface area contributed by atoms with Crippen molar-refractivity contribution >= 4 is 50.5 Å². The van der Waals surface area contributed by atoms with Crippen molar-refractivity contribution in [2.45, 2.75) is 15.9 Å². The second-order valence-corrected chi connectivity index (χ2v) is 8.92. The number of fused-ring (bicyclic) bond motifs is 1. The minimum atomic E-state index is 0.575. The Morgan fingerprint density at radius 2 is 1.96 bits per heavy atom. The lowest BCUT2D eigenvalue weighted by Gasteiger charge is -2.05. The molecule has 1 aromatic carbocycles. The Labute approximate surface area is 172 Å². The van der Waals surface area contributed by atoms with Gasteiger partial charge in [-0.05, 0) is 41.4 Å². The Kier molecular flexibility index (Phi) is 4.78. The van der Waals surface area contributed by atoms with Crippen molar-refractivity contribution in [2.24, 2.45) is 0 Å². The molecule has 0 radical (unpaired) electrons. The Morgan fingerprint density at radius 3 is 2.82 bits per heavy atom. The first-order chi connectivity index (χ1) is 13.8. The highest BCUT2D eigenvalue weighted by atomic mass is 32.2. The van der Waals surface area contributed by atoms with E-state index in [0.29, 0.717) is 6.54 Å². The standard InChI is InChI=1S/C19H13N5OS3/c1-2-7-14-13(6-1)17(22-16(21-14)15-8-4-10-26-15)27-19-24-23-18(28-19)20-11-12-5-3-9-25-12/h1-10H,11H2,(H,20,23). The molecule has 5 rings (SSSR count). The van der Waals surface area contributed by atoms with Gasteiger partial charge in [0.15, 0.2) is 10.2 Å². The van der Waals surface area contributed by atoms with E-state index in [2.05, 4.69) is 15.5 Å². The van der Waals surface area contributed by atoms with E-state index in [9.17, 15) is 0 Å². The van der Waals surface area contributed by atoms with Crippen LogP contribution in [-0.2, 0) is 6.54 Å². The fourth-order valence-electron chi connectivity index (χ4n) is 2.62. The summed E-state index contributed by atoms with van der Waals surface area (Å²) in [6.07, 6.45) is 1.66. The second-order valence-electron chi connectivity index (χ2n) is 5.75. The topological polar surface area (TPSA) is 76.7 Å². The van der Waals surface area contributed by atoms with Crippen LogP contribution < -0.4 is 5.32 Å². The molecule has 0 fully saturated rings. The number of benzene rings is 1. The van der Waals surface area contributed by atoms with Gasteiger partial charge in [0.25, 0.3) is 0 Å². The van der Waals surface area contributed by atoms with Crippen molar-refractivity contribution in [1.29, 1.82) is 0 Å². The molecule has 0 unspecified atom stereocenters. The number of anilines is 1. The first-order valence-corrected chi connectivity index (χ1v) is 10.9. The number of nitrogens with one attached hydrogen (secondary N) is 1. The maximum Gasteiger partial charge on any atom is 0.206 e. The van der Waals surface area contributed by atoms with Crippen LogP contribution in [0.3, 0.4) is 0 Å². The molecule has 0 atom stereocenters. The number of nitrogens with zero attached hydrogens (tertiary/aromatic N) is 4. The van der Waals surface area contributed by atoms with Gasteiger partial charge in [0, 0.05) is 5.39 Å². The van der Waals surface area contributed by atoms with Gasteiger partial charge in [0.2, 0.25) is 5.13 Å². The molecule has 9 heteroatoms. The monoisotopic (exact) mass is 423 g/mol. The number of furan rings is 1. The maximum atomic E-state index is 5.33. The lowest BCUT2D eigenvalue weighted by atomic mass is 10.2. The number of thiophene rings is 1. The van der Waals surface area contributed by atoms with Gasteiger partial charge in [-0.15, -0.1) is 21.5 Å². The molecular weight excluding hydrogens is 410 g/mol. The number of hydrogen-bond donors (Lipinski definition) is 1. The second kappa shape index (κ2) is 7.70. The summed E-state index contributed by atoms with van der Waals surface area (Å²) in [5.41, 5.74) is 0.920. The molecular formula is C19H13N5OS3. The molecule has 5 aromatic rings. The van der Waals surface area contributed by atoms with Crippen molar-refractivity contribution in [3.8, 4) is 10.7 Å². The fraction of sp³-hybridized carbons (Fsp3) is 0.0526. The molecule has 0 amide bonds. The minimum Gasteiger partial charge on any atom is -0.467 e. The van der Waals surface area contributed by atoms with E-state index in [4.69, 9.17) is 14.4 Å². The zero-order valence-corrected chi connectivity index (χ0v) is 16.9. The van der Waals surface area contributed by atoms with E-state index in [1.807, 2.05) is 53.9 Å². The number of para-hydroxylation sites is 1. The number of hydrogen-bond acceptors (Lipinski definition) is 9. The molecule has 0 aliphatic rings. The van der Waals surface area contributed by atoms with Crippen LogP contribution in [0.2, 0.25) is 0 Å². The van der Waals surface area contributed by atoms with Gasteiger partial charge in [0.05, 0.1) is 23.2 Å². The Balaban J connectivity index is 1.43. The van der Waals surface area contributed by atoms with Crippen LogP contribution in [0.4, 0.5) is 5.13 Å². The SMILES string of the molecule is c1coc(CNc2nnc(Sc3nc(-c4cccs4)nc4ccccc34)s2)c1. The lowest BCUT2D eigenvalue weighted by molar-refractivity contribution is 0.518. The van der Waals surface area contributed by atoms with Crippen LogP contribution in [-0.4, -0.2) is 20.2 Å². The molecule has 4 heterocycles. The molecule has 0 spiro atoms. The largest absolute Gasteiger partial charge is 0.467 e. The molecule has 6 nitrogen and oxygen atoms in total. The predicted octanol–water partition coefficient (Wildman–Crippen LogP) is 5.57. The Morgan fingerprint density at radius 1 is 1.00 bits per heavy atom. The lowest BCUT2D eigenvalue weighted by Crippen LogP contribution is -1.96. The van der Waals surface area contributed by atoms with E-state index in [1.165, 1.54) is 23.1 Å². The fourth-order valence-corrected chi connectivity index (χ4v) is 5.05. The molecule has 0 bridgehead atoms. The van der Waals surface area contributed by atoms with Crippen molar-refractivity contribution < 1.29 is 4.42 Å². The summed E-state index contributed by atoms with van der Waals surface area (Å²) in [6.45, 7) is 0.575. The maximum absolute atomic E-state index is 5.33. The summed E-state index contributed by atoms with van der Waals surface area (Å²) in [6, 6.07) is 15.9. The summed E-state index contributed by atoms with van der Waals surface area (Å²) in [4.78, 5) is 10.6. The third kappa shape index (κ3) is 3.64. The van der Waals surface area contributed by atoms with Crippen LogP contribution in [0.25, 0.3) is 21.6 Å². The quantitative estimate of drug-likeness (QED) is 0.358. The van der Waals surface area contributed by atoms with Crippen molar-refractivity contribution in [3.63, 3.8) is 0 Å². The highest BCUT2D eigenvalue weighted by molar-refractivity contribution is 8.01. The van der Waals surface area contributed by atoms with Crippen LogP contribution in [0.15, 0.2) is 74.0 Å². The summed E-state index contributed by atoms with van der Waals surface area (Å²) in [5.74, 6) is 1.59. The third-order valence-corrected chi connectivity index (χ3v) is 6.70.